The lowest BCUT2D eigenvalue weighted by Gasteiger charge is -2.22. The van der Waals surface area contributed by atoms with Gasteiger partial charge in [-0.3, -0.25) is 9.69 Å². The molecule has 1 aromatic rings. The van der Waals surface area contributed by atoms with Crippen LogP contribution < -0.4 is 0 Å². The van der Waals surface area contributed by atoms with Crippen LogP contribution in [0, 0.1) is 0 Å². The SMILES string of the molecule is O=C(O)CN1CCCC1Cc1ccc(CCCCCCCCCC(F)(F)F)cc1. The third kappa shape index (κ3) is 10.2. The predicted molar refractivity (Wildman–Crippen MR) is 109 cm³/mol. The van der Waals surface area contributed by atoms with Crippen LogP contribution >= 0.6 is 0 Å². The standard InChI is InChI=1S/C23H34F3NO2/c24-23(25,26)15-7-5-3-1-2-4-6-9-19-11-13-20(14-12-19)17-21-10-8-16-27(21)18-22(28)29/h11-14,21H,1-10,15-18H2,(H,28,29). The Morgan fingerprint density at radius 2 is 1.55 bits per heavy atom. The topological polar surface area (TPSA) is 40.5 Å². The number of aliphatic carboxylic acids is 1. The highest BCUT2D eigenvalue weighted by molar-refractivity contribution is 5.69. The van der Waals surface area contributed by atoms with Crippen molar-refractivity contribution in [3.63, 3.8) is 0 Å². The number of rotatable bonds is 13. The van der Waals surface area contributed by atoms with E-state index in [9.17, 15) is 18.0 Å². The fourth-order valence-electron chi connectivity index (χ4n) is 4.16. The van der Waals surface area contributed by atoms with E-state index >= 15 is 0 Å². The fraction of sp³-hybridized carbons (Fsp3) is 0.696. The summed E-state index contributed by atoms with van der Waals surface area (Å²) >= 11 is 0. The highest BCUT2D eigenvalue weighted by atomic mass is 19.4. The number of hydrogen-bond donors (Lipinski definition) is 1. The van der Waals surface area contributed by atoms with Crippen molar-refractivity contribution in [3.8, 4) is 0 Å². The molecule has 29 heavy (non-hydrogen) atoms. The second kappa shape index (κ2) is 12.2. The van der Waals surface area contributed by atoms with E-state index in [1.54, 1.807) is 0 Å². The maximum Gasteiger partial charge on any atom is 0.389 e. The van der Waals surface area contributed by atoms with Gasteiger partial charge in [0.1, 0.15) is 0 Å². The Kier molecular flexibility index (Phi) is 9.98. The summed E-state index contributed by atoms with van der Waals surface area (Å²) in [6.07, 6.45) is 5.56. The van der Waals surface area contributed by atoms with Crippen LogP contribution in [0.25, 0.3) is 0 Å². The summed E-state index contributed by atoms with van der Waals surface area (Å²) in [6.45, 7) is 1.00. The van der Waals surface area contributed by atoms with Crippen LogP contribution in [0.5, 0.6) is 0 Å². The molecule has 1 N–H and O–H groups in total. The molecule has 1 atom stereocenters. The van der Waals surface area contributed by atoms with Crippen molar-refractivity contribution in [1.82, 2.24) is 4.90 Å². The maximum absolute atomic E-state index is 12.1. The zero-order valence-corrected chi connectivity index (χ0v) is 17.2. The first-order chi connectivity index (χ1) is 13.8. The predicted octanol–water partition coefficient (Wildman–Crippen LogP) is 6.00. The van der Waals surface area contributed by atoms with Crippen LogP contribution in [0.3, 0.4) is 0 Å². The molecule has 0 amide bonds. The Morgan fingerprint density at radius 1 is 0.966 bits per heavy atom. The highest BCUT2D eigenvalue weighted by Gasteiger charge is 2.26. The van der Waals surface area contributed by atoms with Gasteiger partial charge in [-0.1, -0.05) is 56.4 Å². The van der Waals surface area contributed by atoms with E-state index in [2.05, 4.69) is 29.2 Å². The largest absolute Gasteiger partial charge is 0.480 e. The summed E-state index contributed by atoms with van der Waals surface area (Å²) in [5.41, 5.74) is 2.57. The summed E-state index contributed by atoms with van der Waals surface area (Å²) in [4.78, 5) is 13.0. The number of likely N-dealkylation sites (tertiary alicyclic amines) is 1. The molecular weight excluding hydrogens is 379 g/mol. The monoisotopic (exact) mass is 413 g/mol. The number of carboxylic acids is 1. The first kappa shape index (κ1) is 23.7. The quantitative estimate of drug-likeness (QED) is 0.403. The lowest BCUT2D eigenvalue weighted by Crippen LogP contribution is -2.35. The summed E-state index contributed by atoms with van der Waals surface area (Å²) in [5, 5.41) is 9.02. The Balaban J connectivity index is 1.57. The van der Waals surface area contributed by atoms with Crippen LogP contribution in [-0.4, -0.2) is 41.3 Å². The highest BCUT2D eigenvalue weighted by Crippen LogP contribution is 2.23. The molecule has 0 saturated carbocycles. The Bertz CT molecular complexity index is 601. The molecule has 0 spiro atoms. The number of alkyl halides is 3. The zero-order chi connectivity index (χ0) is 21.1. The summed E-state index contributed by atoms with van der Waals surface area (Å²) in [7, 11) is 0. The molecule has 0 aliphatic carbocycles. The fourth-order valence-corrected chi connectivity index (χ4v) is 4.16. The lowest BCUT2D eigenvalue weighted by molar-refractivity contribution is -0.138. The molecule has 1 saturated heterocycles. The molecule has 1 aliphatic heterocycles. The molecular formula is C23H34F3NO2. The van der Waals surface area contributed by atoms with Gasteiger partial charge < -0.3 is 5.11 Å². The molecule has 1 heterocycles. The molecule has 6 heteroatoms. The number of halogens is 3. The van der Waals surface area contributed by atoms with Gasteiger partial charge in [0, 0.05) is 12.5 Å². The number of carbonyl (C=O) groups is 1. The molecule has 0 radical (unpaired) electrons. The van der Waals surface area contributed by atoms with Crippen molar-refractivity contribution >= 4 is 5.97 Å². The molecule has 1 aromatic carbocycles. The van der Waals surface area contributed by atoms with Gasteiger partial charge >= 0.3 is 12.1 Å². The van der Waals surface area contributed by atoms with Crippen molar-refractivity contribution in [2.45, 2.75) is 89.3 Å². The average molecular weight is 414 g/mol. The van der Waals surface area contributed by atoms with Crippen LogP contribution in [0.15, 0.2) is 24.3 Å². The Labute approximate surface area is 172 Å². The van der Waals surface area contributed by atoms with E-state index in [4.69, 9.17) is 5.11 Å². The van der Waals surface area contributed by atoms with E-state index in [1.807, 2.05) is 0 Å². The van der Waals surface area contributed by atoms with E-state index in [-0.39, 0.29) is 13.0 Å². The van der Waals surface area contributed by atoms with Crippen LogP contribution in [-0.2, 0) is 17.6 Å². The molecule has 1 aliphatic rings. The van der Waals surface area contributed by atoms with Gasteiger partial charge in [-0.15, -0.1) is 0 Å². The second-order valence-corrected chi connectivity index (χ2v) is 8.27. The first-order valence-corrected chi connectivity index (χ1v) is 10.9. The normalized spacial score (nSPS) is 17.7. The lowest BCUT2D eigenvalue weighted by atomic mass is 10.00. The number of benzene rings is 1. The molecule has 1 unspecified atom stereocenters. The summed E-state index contributed by atoms with van der Waals surface area (Å²) in [5.74, 6) is -0.756. The maximum atomic E-state index is 12.1. The van der Waals surface area contributed by atoms with Gasteiger partial charge in [0.25, 0.3) is 0 Å². The van der Waals surface area contributed by atoms with E-state index in [0.717, 1.165) is 64.3 Å². The minimum Gasteiger partial charge on any atom is -0.480 e. The van der Waals surface area contributed by atoms with E-state index in [0.29, 0.717) is 12.5 Å². The number of nitrogens with zero attached hydrogens (tertiary/aromatic N) is 1. The third-order valence-corrected chi connectivity index (χ3v) is 5.76. The molecule has 1 fully saturated rings. The van der Waals surface area contributed by atoms with Gasteiger partial charge in [0.05, 0.1) is 6.54 Å². The second-order valence-electron chi connectivity index (χ2n) is 8.27. The van der Waals surface area contributed by atoms with E-state index < -0.39 is 18.6 Å². The zero-order valence-electron chi connectivity index (χ0n) is 17.2. The van der Waals surface area contributed by atoms with Crippen molar-refractivity contribution in [2.24, 2.45) is 0 Å². The molecule has 0 bridgehead atoms. The number of aryl methyl sites for hydroxylation is 1. The van der Waals surface area contributed by atoms with Gasteiger partial charge in [-0.2, -0.15) is 13.2 Å². The van der Waals surface area contributed by atoms with E-state index in [1.165, 1.54) is 11.1 Å². The van der Waals surface area contributed by atoms with Gasteiger partial charge in [0.15, 0.2) is 0 Å². The summed E-state index contributed by atoms with van der Waals surface area (Å²) in [6, 6.07) is 8.99. The Hall–Kier alpha value is -1.56. The molecule has 2 rings (SSSR count). The molecule has 3 nitrogen and oxygen atoms in total. The van der Waals surface area contributed by atoms with Crippen molar-refractivity contribution < 1.29 is 23.1 Å². The van der Waals surface area contributed by atoms with Crippen LogP contribution in [0.1, 0.15) is 75.3 Å². The van der Waals surface area contributed by atoms with Gasteiger partial charge in [-0.05, 0) is 56.2 Å². The van der Waals surface area contributed by atoms with Gasteiger partial charge in [-0.25, -0.2) is 0 Å². The average Bonchev–Trinajstić information content (AvgIpc) is 3.06. The number of hydrogen-bond acceptors (Lipinski definition) is 2. The van der Waals surface area contributed by atoms with Crippen LogP contribution in [0.4, 0.5) is 13.2 Å². The smallest absolute Gasteiger partial charge is 0.389 e. The molecule has 0 aromatic heterocycles. The van der Waals surface area contributed by atoms with Crippen LogP contribution in [0.2, 0.25) is 0 Å². The summed E-state index contributed by atoms with van der Waals surface area (Å²) < 4.78 is 36.2. The van der Waals surface area contributed by atoms with Crippen molar-refractivity contribution in [1.29, 1.82) is 0 Å². The number of unbranched alkanes of at least 4 members (excludes halogenated alkanes) is 6. The minimum absolute atomic E-state index is 0.130. The van der Waals surface area contributed by atoms with Crippen molar-refractivity contribution in [3.05, 3.63) is 35.4 Å². The van der Waals surface area contributed by atoms with Crippen molar-refractivity contribution in [2.75, 3.05) is 13.1 Å². The molecule has 164 valence electrons. The van der Waals surface area contributed by atoms with Gasteiger partial charge in [0.2, 0.25) is 0 Å². The minimum atomic E-state index is -4.01. The Morgan fingerprint density at radius 3 is 2.17 bits per heavy atom. The number of carboxylic acid groups (broad SMARTS) is 1. The first-order valence-electron chi connectivity index (χ1n) is 10.9. The third-order valence-electron chi connectivity index (χ3n) is 5.76.